The van der Waals surface area contributed by atoms with Crippen molar-refractivity contribution in [1.29, 1.82) is 0 Å². The maximum atomic E-state index is 13.0. The quantitative estimate of drug-likeness (QED) is 0.632. The number of hydrogen-bond acceptors (Lipinski definition) is 2. The van der Waals surface area contributed by atoms with Crippen molar-refractivity contribution in [2.24, 2.45) is 5.92 Å². The molecule has 1 N–H and O–H groups in total. The normalized spacial score (nSPS) is 20.0. The van der Waals surface area contributed by atoms with Crippen LogP contribution in [0.1, 0.15) is 55.3 Å². The minimum absolute atomic E-state index is 0.141. The van der Waals surface area contributed by atoms with Crippen LogP contribution in [-0.4, -0.2) is 28.5 Å². The van der Waals surface area contributed by atoms with Crippen LogP contribution in [0.3, 0.4) is 0 Å². The Morgan fingerprint density at radius 2 is 1.81 bits per heavy atom. The number of nitrogens with zero attached hydrogens (tertiary/aromatic N) is 2. The summed E-state index contributed by atoms with van der Waals surface area (Å²) < 4.78 is 2.34. The van der Waals surface area contributed by atoms with E-state index in [2.05, 4.69) is 76.4 Å². The largest absolute Gasteiger partial charge is 0.349 e. The summed E-state index contributed by atoms with van der Waals surface area (Å²) in [5.41, 5.74) is 5.45. The van der Waals surface area contributed by atoms with Gasteiger partial charge in [0.2, 0.25) is 5.91 Å². The van der Waals surface area contributed by atoms with Gasteiger partial charge in [-0.1, -0.05) is 42.5 Å². The van der Waals surface area contributed by atoms with Crippen LogP contribution in [0, 0.1) is 5.92 Å². The van der Waals surface area contributed by atoms with Crippen molar-refractivity contribution < 1.29 is 4.79 Å². The molecule has 0 bridgehead atoms. The van der Waals surface area contributed by atoms with Gasteiger partial charge in [-0.15, -0.1) is 0 Å². The fraction of sp³-hybridized carbons (Fsp3) is 0.444. The number of aryl methyl sites for hydroxylation is 2. The minimum atomic E-state index is 0.141. The highest BCUT2D eigenvalue weighted by Crippen LogP contribution is 2.31. The van der Waals surface area contributed by atoms with Crippen LogP contribution in [0.5, 0.6) is 0 Å². The van der Waals surface area contributed by atoms with Crippen molar-refractivity contribution in [3.8, 4) is 0 Å². The number of aromatic nitrogens is 1. The van der Waals surface area contributed by atoms with Crippen LogP contribution in [-0.2, 0) is 24.3 Å². The van der Waals surface area contributed by atoms with E-state index in [1.165, 1.54) is 27.6 Å². The van der Waals surface area contributed by atoms with Crippen LogP contribution in [0.25, 0.3) is 10.9 Å². The topological polar surface area (TPSA) is 37.3 Å². The van der Waals surface area contributed by atoms with E-state index >= 15 is 0 Å². The summed E-state index contributed by atoms with van der Waals surface area (Å²) in [7, 11) is 0. The Kier molecular flexibility index (Phi) is 5.82. The van der Waals surface area contributed by atoms with E-state index in [0.717, 1.165) is 58.3 Å². The lowest BCUT2D eigenvalue weighted by Gasteiger charge is -2.33. The molecule has 1 aromatic heterocycles. The molecule has 0 radical (unpaired) electrons. The molecule has 0 unspecified atom stereocenters. The average Bonchev–Trinajstić information content (AvgIpc) is 3.17. The van der Waals surface area contributed by atoms with E-state index in [0.29, 0.717) is 0 Å². The lowest BCUT2D eigenvalue weighted by atomic mass is 9.87. The Balaban J connectivity index is 1.19. The molecule has 1 aliphatic heterocycles. The van der Waals surface area contributed by atoms with Gasteiger partial charge in [-0.05, 0) is 74.9 Å². The second-order valence-corrected chi connectivity index (χ2v) is 9.16. The molecule has 5 rings (SSSR count). The molecule has 1 fully saturated rings. The monoisotopic (exact) mass is 415 g/mol. The van der Waals surface area contributed by atoms with E-state index in [9.17, 15) is 4.79 Å². The first kappa shape index (κ1) is 20.3. The summed E-state index contributed by atoms with van der Waals surface area (Å²) in [4.78, 5) is 15.5. The highest BCUT2D eigenvalue weighted by molar-refractivity contribution is 5.84. The average molecular weight is 416 g/mol. The van der Waals surface area contributed by atoms with Crippen LogP contribution in [0.2, 0.25) is 0 Å². The number of piperidine rings is 1. The number of likely N-dealkylation sites (tertiary alicyclic amines) is 1. The molecule has 2 aromatic carbocycles. The molecule has 3 aromatic rings. The second-order valence-electron chi connectivity index (χ2n) is 9.16. The van der Waals surface area contributed by atoms with Crippen LogP contribution >= 0.6 is 0 Å². The number of carbonyl (C=O) groups is 1. The highest BCUT2D eigenvalue weighted by Gasteiger charge is 2.28. The van der Waals surface area contributed by atoms with Gasteiger partial charge in [0.15, 0.2) is 0 Å². The predicted octanol–water partition coefficient (Wildman–Crippen LogP) is 5.07. The fourth-order valence-corrected chi connectivity index (χ4v) is 5.50. The van der Waals surface area contributed by atoms with Crippen LogP contribution in [0.4, 0.5) is 0 Å². The van der Waals surface area contributed by atoms with E-state index in [1.54, 1.807) is 0 Å². The first-order valence-corrected chi connectivity index (χ1v) is 11.9. The van der Waals surface area contributed by atoms with Crippen molar-refractivity contribution in [2.45, 2.75) is 58.2 Å². The molecular weight excluding hydrogens is 382 g/mol. The third-order valence-corrected chi connectivity index (χ3v) is 7.25. The Labute approximate surface area is 185 Å². The summed E-state index contributed by atoms with van der Waals surface area (Å²) in [5.74, 6) is 0.395. The lowest BCUT2D eigenvalue weighted by molar-refractivity contribution is -0.127. The summed E-state index contributed by atoms with van der Waals surface area (Å²) >= 11 is 0. The van der Waals surface area contributed by atoms with Gasteiger partial charge in [-0.25, -0.2) is 0 Å². The number of carbonyl (C=O) groups excluding carboxylic acids is 1. The number of hydrogen-bond donors (Lipinski definition) is 1. The highest BCUT2D eigenvalue weighted by atomic mass is 16.1. The zero-order valence-corrected chi connectivity index (χ0v) is 18.5. The Bertz CT molecular complexity index is 1060. The van der Waals surface area contributed by atoms with E-state index in [-0.39, 0.29) is 17.9 Å². The van der Waals surface area contributed by atoms with Gasteiger partial charge in [0, 0.05) is 36.1 Å². The van der Waals surface area contributed by atoms with Crippen molar-refractivity contribution in [3.63, 3.8) is 0 Å². The van der Waals surface area contributed by atoms with Gasteiger partial charge in [-0.3, -0.25) is 9.69 Å². The lowest BCUT2D eigenvalue weighted by Crippen LogP contribution is -2.41. The smallest absolute Gasteiger partial charge is 0.223 e. The van der Waals surface area contributed by atoms with Crippen molar-refractivity contribution in [1.82, 2.24) is 14.8 Å². The number of fused-ring (bicyclic) bond motifs is 2. The number of amides is 1. The summed E-state index contributed by atoms with van der Waals surface area (Å²) in [5, 5.41) is 4.74. The molecule has 2 heterocycles. The molecule has 1 saturated heterocycles. The molecule has 1 aliphatic carbocycles. The zero-order valence-electron chi connectivity index (χ0n) is 18.5. The first-order valence-electron chi connectivity index (χ1n) is 11.9. The second kappa shape index (κ2) is 8.88. The molecular formula is C27H33N3O. The fourth-order valence-electron chi connectivity index (χ4n) is 5.50. The molecule has 1 atom stereocenters. The molecule has 2 aliphatic rings. The zero-order chi connectivity index (χ0) is 21.2. The van der Waals surface area contributed by atoms with Gasteiger partial charge >= 0.3 is 0 Å². The Morgan fingerprint density at radius 1 is 1.03 bits per heavy atom. The van der Waals surface area contributed by atoms with Gasteiger partial charge in [0.05, 0.1) is 6.04 Å². The van der Waals surface area contributed by atoms with Gasteiger partial charge in [0.1, 0.15) is 0 Å². The maximum Gasteiger partial charge on any atom is 0.223 e. The standard InChI is InChI=1S/C27H33N3O/c1-2-30-19-22(24-11-5-6-13-26(24)30)18-29-16-14-21(15-17-29)27(31)28-25-12-7-9-20-8-3-4-10-23(20)25/h3-6,8,10-11,13,19,21,25H,2,7,9,12,14-18H2,1H3,(H,28,31)/t25-/m1/s1. The van der Waals surface area contributed by atoms with Gasteiger partial charge in [0.25, 0.3) is 0 Å². The molecule has 0 spiro atoms. The van der Waals surface area contributed by atoms with Gasteiger partial charge < -0.3 is 9.88 Å². The third kappa shape index (κ3) is 4.14. The van der Waals surface area contributed by atoms with Crippen molar-refractivity contribution in [3.05, 3.63) is 71.4 Å². The summed E-state index contributed by atoms with van der Waals surface area (Å²) in [6, 6.07) is 17.5. The number of para-hydroxylation sites is 1. The summed E-state index contributed by atoms with van der Waals surface area (Å²) in [6.45, 7) is 6.14. The van der Waals surface area contributed by atoms with E-state index < -0.39 is 0 Å². The van der Waals surface area contributed by atoms with E-state index in [1.807, 2.05) is 0 Å². The molecule has 0 saturated carbocycles. The molecule has 4 nitrogen and oxygen atoms in total. The third-order valence-electron chi connectivity index (χ3n) is 7.25. The van der Waals surface area contributed by atoms with E-state index in [4.69, 9.17) is 0 Å². The Hall–Kier alpha value is -2.59. The van der Waals surface area contributed by atoms with Crippen molar-refractivity contribution >= 4 is 16.8 Å². The van der Waals surface area contributed by atoms with Crippen LogP contribution in [0.15, 0.2) is 54.7 Å². The molecule has 1 amide bonds. The number of rotatable bonds is 5. The molecule has 4 heteroatoms. The minimum Gasteiger partial charge on any atom is -0.349 e. The Morgan fingerprint density at radius 3 is 2.65 bits per heavy atom. The number of benzene rings is 2. The summed E-state index contributed by atoms with van der Waals surface area (Å²) in [6.07, 6.45) is 7.56. The SMILES string of the molecule is CCn1cc(CN2CCC(C(=O)N[C@@H]3CCCc4ccccc43)CC2)c2ccccc21. The molecule has 31 heavy (non-hydrogen) atoms. The van der Waals surface area contributed by atoms with Crippen LogP contribution < -0.4 is 5.32 Å². The number of nitrogens with one attached hydrogen (secondary N) is 1. The first-order chi connectivity index (χ1) is 15.2. The molecule has 162 valence electrons. The van der Waals surface area contributed by atoms with Gasteiger partial charge in [-0.2, -0.15) is 0 Å². The van der Waals surface area contributed by atoms with Crippen molar-refractivity contribution in [2.75, 3.05) is 13.1 Å². The maximum absolute atomic E-state index is 13.0. The predicted molar refractivity (Wildman–Crippen MR) is 126 cm³/mol.